The van der Waals surface area contributed by atoms with Crippen LogP contribution in [0.15, 0.2) is 48.5 Å². The Morgan fingerprint density at radius 3 is 2.58 bits per heavy atom. The van der Waals surface area contributed by atoms with Crippen LogP contribution >= 0.6 is 11.6 Å². The number of carbonyl (C=O) groups excluding carboxylic acids is 1. The number of hydrogen-bond acceptors (Lipinski definition) is 4. The molecule has 6 nitrogen and oxygen atoms in total. The van der Waals surface area contributed by atoms with Crippen LogP contribution in [-0.2, 0) is 24.3 Å². The monoisotopic (exact) mass is 369 g/mol. The normalized spacial score (nSPS) is 10.7. The third kappa shape index (κ3) is 4.46. The Morgan fingerprint density at radius 1 is 1.15 bits per heavy atom. The number of carbonyl (C=O) groups is 1. The average Bonchev–Trinajstić information content (AvgIpc) is 3.11. The molecule has 0 aliphatic rings. The van der Waals surface area contributed by atoms with Gasteiger partial charge in [0.15, 0.2) is 0 Å². The molecule has 0 fully saturated rings. The first-order valence-electron chi connectivity index (χ1n) is 8.40. The third-order valence-electron chi connectivity index (χ3n) is 4.09. The molecule has 2 aromatic carbocycles. The number of aryl methyl sites for hydroxylation is 1. The Labute approximate surface area is 157 Å². The van der Waals surface area contributed by atoms with Crippen molar-refractivity contribution < 1.29 is 4.79 Å². The summed E-state index contributed by atoms with van der Waals surface area (Å²) in [5, 5.41) is 12.8. The highest BCUT2D eigenvalue weighted by atomic mass is 35.5. The molecule has 1 amide bonds. The van der Waals surface area contributed by atoms with Gasteiger partial charge in [-0.1, -0.05) is 54.9 Å². The number of tetrazole rings is 1. The van der Waals surface area contributed by atoms with Crippen molar-refractivity contribution in [1.29, 1.82) is 0 Å². The van der Waals surface area contributed by atoms with Crippen molar-refractivity contribution >= 4 is 17.5 Å². The van der Waals surface area contributed by atoms with Gasteiger partial charge < -0.3 is 4.90 Å². The Kier molecular flexibility index (Phi) is 5.63. The fourth-order valence-electron chi connectivity index (χ4n) is 2.54. The molecule has 0 radical (unpaired) electrons. The minimum atomic E-state index is -0.0837. The first kappa shape index (κ1) is 18.1. The van der Waals surface area contributed by atoms with Crippen LogP contribution in [0.2, 0.25) is 5.02 Å². The summed E-state index contributed by atoms with van der Waals surface area (Å²) < 4.78 is 0. The second kappa shape index (κ2) is 8.10. The minimum absolute atomic E-state index is 0.0388. The highest BCUT2D eigenvalue weighted by Gasteiger charge is 2.13. The molecular formula is C19H20ClN5O. The van der Waals surface area contributed by atoms with Crippen molar-refractivity contribution in [2.24, 2.45) is 0 Å². The molecule has 0 unspecified atom stereocenters. The van der Waals surface area contributed by atoms with E-state index in [9.17, 15) is 4.79 Å². The molecule has 134 valence electrons. The van der Waals surface area contributed by atoms with E-state index in [1.54, 1.807) is 24.1 Å². The number of hydrogen-bond donors (Lipinski definition) is 0. The average molecular weight is 370 g/mol. The number of halogens is 1. The second-order valence-corrected chi connectivity index (χ2v) is 6.51. The molecule has 0 atom stereocenters. The zero-order valence-corrected chi connectivity index (χ0v) is 15.5. The third-order valence-corrected chi connectivity index (χ3v) is 4.32. The summed E-state index contributed by atoms with van der Waals surface area (Å²) in [4.78, 5) is 15.4. The van der Waals surface area contributed by atoms with Crippen LogP contribution in [-0.4, -0.2) is 38.1 Å². The van der Waals surface area contributed by atoms with Crippen LogP contribution in [0.25, 0.3) is 11.4 Å². The summed E-state index contributed by atoms with van der Waals surface area (Å²) in [5.41, 5.74) is 3.13. The van der Waals surface area contributed by atoms with Crippen molar-refractivity contribution in [3.63, 3.8) is 0 Å². The second-order valence-electron chi connectivity index (χ2n) is 6.07. The summed E-state index contributed by atoms with van der Waals surface area (Å²) in [6, 6.07) is 15.5. The van der Waals surface area contributed by atoms with Gasteiger partial charge in [0.2, 0.25) is 11.7 Å². The number of nitrogens with zero attached hydrogens (tertiary/aromatic N) is 5. The minimum Gasteiger partial charge on any atom is -0.340 e. The maximum Gasteiger partial charge on any atom is 0.246 e. The lowest BCUT2D eigenvalue weighted by atomic mass is 10.1. The molecule has 1 aromatic heterocycles. The number of aromatic nitrogens is 4. The maximum absolute atomic E-state index is 12.4. The largest absolute Gasteiger partial charge is 0.340 e. The predicted molar refractivity (Wildman–Crippen MR) is 101 cm³/mol. The van der Waals surface area contributed by atoms with Gasteiger partial charge in [0.25, 0.3) is 0 Å². The van der Waals surface area contributed by atoms with Gasteiger partial charge in [-0.25, -0.2) is 0 Å². The van der Waals surface area contributed by atoms with Crippen molar-refractivity contribution in [3.05, 3.63) is 64.7 Å². The smallest absolute Gasteiger partial charge is 0.246 e. The van der Waals surface area contributed by atoms with Crippen LogP contribution in [0.3, 0.4) is 0 Å². The van der Waals surface area contributed by atoms with Gasteiger partial charge in [-0.3, -0.25) is 4.79 Å². The lowest BCUT2D eigenvalue weighted by Crippen LogP contribution is -2.30. The molecular weight excluding hydrogens is 350 g/mol. The zero-order valence-electron chi connectivity index (χ0n) is 14.8. The molecule has 0 aliphatic heterocycles. The van der Waals surface area contributed by atoms with Gasteiger partial charge in [0, 0.05) is 24.2 Å². The molecule has 3 rings (SSSR count). The molecule has 0 saturated heterocycles. The van der Waals surface area contributed by atoms with Gasteiger partial charge in [-0.15, -0.1) is 10.2 Å². The first-order valence-corrected chi connectivity index (χ1v) is 8.78. The van der Waals surface area contributed by atoms with Gasteiger partial charge in [-0.05, 0) is 34.9 Å². The summed E-state index contributed by atoms with van der Waals surface area (Å²) >= 11 is 5.98. The quantitative estimate of drug-likeness (QED) is 0.669. The van der Waals surface area contributed by atoms with E-state index in [4.69, 9.17) is 11.6 Å². The van der Waals surface area contributed by atoms with E-state index in [1.165, 1.54) is 10.4 Å². The van der Waals surface area contributed by atoms with E-state index in [0.717, 1.165) is 17.5 Å². The lowest BCUT2D eigenvalue weighted by molar-refractivity contribution is -0.131. The van der Waals surface area contributed by atoms with Crippen molar-refractivity contribution in [2.45, 2.75) is 26.4 Å². The Morgan fingerprint density at radius 2 is 1.88 bits per heavy atom. The van der Waals surface area contributed by atoms with Crippen LogP contribution in [0.1, 0.15) is 18.1 Å². The SMILES string of the molecule is CCc1ccc(CN(C)C(=O)Cn2nnc(-c3cccc(Cl)c3)n2)cc1. The fourth-order valence-corrected chi connectivity index (χ4v) is 2.73. The van der Waals surface area contributed by atoms with E-state index in [-0.39, 0.29) is 12.5 Å². The predicted octanol–water partition coefficient (Wildman–Crippen LogP) is 3.21. The van der Waals surface area contributed by atoms with Crippen LogP contribution in [0, 0.1) is 0 Å². The Hall–Kier alpha value is -2.73. The van der Waals surface area contributed by atoms with E-state index >= 15 is 0 Å². The summed E-state index contributed by atoms with van der Waals surface area (Å²) in [7, 11) is 1.77. The molecule has 0 spiro atoms. The highest BCUT2D eigenvalue weighted by Crippen LogP contribution is 2.18. The number of amides is 1. The van der Waals surface area contributed by atoms with Gasteiger partial charge in [-0.2, -0.15) is 4.80 Å². The van der Waals surface area contributed by atoms with Crippen LogP contribution < -0.4 is 0 Å². The molecule has 1 heterocycles. The fraction of sp³-hybridized carbons (Fsp3) is 0.263. The van der Waals surface area contributed by atoms with E-state index in [2.05, 4.69) is 34.5 Å². The molecule has 0 N–H and O–H groups in total. The molecule has 7 heteroatoms. The van der Waals surface area contributed by atoms with Crippen molar-refractivity contribution in [3.8, 4) is 11.4 Å². The van der Waals surface area contributed by atoms with Gasteiger partial charge in [0.1, 0.15) is 6.54 Å². The Balaban J connectivity index is 1.62. The number of likely N-dealkylation sites (N-methyl/N-ethyl adjacent to an activating group) is 1. The standard InChI is InChI=1S/C19H20ClN5O/c1-3-14-7-9-15(10-8-14)12-24(2)18(26)13-25-22-19(21-23-25)16-5-4-6-17(20)11-16/h4-11H,3,12-13H2,1-2H3. The number of benzene rings is 2. The maximum atomic E-state index is 12.4. The van der Waals surface area contributed by atoms with Crippen molar-refractivity contribution in [2.75, 3.05) is 7.05 Å². The zero-order chi connectivity index (χ0) is 18.5. The summed E-state index contributed by atoms with van der Waals surface area (Å²) in [6.07, 6.45) is 1.00. The molecule has 3 aromatic rings. The topological polar surface area (TPSA) is 63.9 Å². The van der Waals surface area contributed by atoms with Crippen molar-refractivity contribution in [1.82, 2.24) is 25.1 Å². The highest BCUT2D eigenvalue weighted by molar-refractivity contribution is 6.30. The van der Waals surface area contributed by atoms with Crippen LogP contribution in [0.5, 0.6) is 0 Å². The van der Waals surface area contributed by atoms with Gasteiger partial charge >= 0.3 is 0 Å². The van der Waals surface area contributed by atoms with E-state index in [1.807, 2.05) is 24.3 Å². The van der Waals surface area contributed by atoms with E-state index < -0.39 is 0 Å². The summed E-state index contributed by atoms with van der Waals surface area (Å²) in [6.45, 7) is 2.70. The Bertz CT molecular complexity index is 891. The van der Waals surface area contributed by atoms with Gasteiger partial charge in [0.05, 0.1) is 0 Å². The van der Waals surface area contributed by atoms with E-state index in [0.29, 0.717) is 17.4 Å². The number of rotatable bonds is 6. The molecule has 0 aliphatic carbocycles. The lowest BCUT2D eigenvalue weighted by Gasteiger charge is -2.17. The molecule has 0 saturated carbocycles. The molecule has 0 bridgehead atoms. The summed E-state index contributed by atoms with van der Waals surface area (Å²) in [5.74, 6) is 0.359. The molecule has 26 heavy (non-hydrogen) atoms. The first-order chi connectivity index (χ1) is 12.5. The van der Waals surface area contributed by atoms with Crippen LogP contribution in [0.4, 0.5) is 0 Å².